The van der Waals surface area contributed by atoms with Gasteiger partial charge in [-0.1, -0.05) is 41.1 Å². The Morgan fingerprint density at radius 3 is 2.44 bits per heavy atom. The smallest absolute Gasteiger partial charge is 0.0207 e. The third kappa shape index (κ3) is 5.13. The topological polar surface area (TPSA) is 12.0 Å². The van der Waals surface area contributed by atoms with E-state index in [1.807, 2.05) is 0 Å². The second-order valence-electron chi connectivity index (χ2n) is 5.53. The Kier molecular flexibility index (Phi) is 5.00. The molecule has 1 aromatic carbocycles. The third-order valence-electron chi connectivity index (χ3n) is 2.51. The average Bonchev–Trinajstić information content (AvgIpc) is 2.18. The molecule has 0 fully saturated rings. The number of nitrogens with one attached hydrogen (secondary N) is 1. The maximum atomic E-state index is 3.59. The van der Waals surface area contributed by atoms with Crippen molar-refractivity contribution in [1.29, 1.82) is 0 Å². The monoisotopic (exact) mass is 283 g/mol. The molecule has 0 aliphatic carbocycles. The van der Waals surface area contributed by atoms with Gasteiger partial charge in [0.1, 0.15) is 0 Å². The molecule has 0 aliphatic rings. The summed E-state index contributed by atoms with van der Waals surface area (Å²) in [7, 11) is 0. The fraction of sp³-hybridized carbons (Fsp3) is 0.571. The van der Waals surface area contributed by atoms with Crippen LogP contribution >= 0.6 is 15.9 Å². The predicted octanol–water partition coefficient (Wildman–Crippen LogP) is 4.02. The summed E-state index contributed by atoms with van der Waals surface area (Å²) in [5.41, 5.74) is 1.60. The molecule has 0 amide bonds. The number of hydrogen-bond donors (Lipinski definition) is 1. The van der Waals surface area contributed by atoms with Crippen LogP contribution in [0.25, 0.3) is 0 Å². The van der Waals surface area contributed by atoms with E-state index in [-0.39, 0.29) is 5.54 Å². The van der Waals surface area contributed by atoms with Gasteiger partial charge in [-0.05, 0) is 51.3 Å². The molecular weight excluding hydrogens is 262 g/mol. The van der Waals surface area contributed by atoms with Crippen molar-refractivity contribution in [2.75, 3.05) is 6.54 Å². The van der Waals surface area contributed by atoms with Crippen molar-refractivity contribution in [2.45, 2.75) is 39.7 Å². The molecule has 1 nitrogen and oxygen atoms in total. The normalized spacial score (nSPS) is 13.8. The molecule has 16 heavy (non-hydrogen) atoms. The van der Waals surface area contributed by atoms with E-state index in [4.69, 9.17) is 0 Å². The van der Waals surface area contributed by atoms with Crippen LogP contribution in [-0.4, -0.2) is 12.1 Å². The average molecular weight is 284 g/mol. The molecule has 1 rings (SSSR count). The van der Waals surface area contributed by atoms with Gasteiger partial charge in [0.25, 0.3) is 0 Å². The first kappa shape index (κ1) is 13.7. The zero-order chi connectivity index (χ0) is 12.2. The molecule has 1 atom stereocenters. The fourth-order valence-electron chi connectivity index (χ4n) is 1.59. The summed E-state index contributed by atoms with van der Waals surface area (Å²) < 4.78 is 1.22. The van der Waals surface area contributed by atoms with Crippen molar-refractivity contribution in [1.82, 2.24) is 5.32 Å². The summed E-state index contributed by atoms with van der Waals surface area (Å²) in [6.45, 7) is 9.97. The number of rotatable bonds is 4. The zero-order valence-electron chi connectivity index (χ0n) is 10.7. The quantitative estimate of drug-likeness (QED) is 0.880. The lowest BCUT2D eigenvalue weighted by Crippen LogP contribution is -2.39. The van der Waals surface area contributed by atoms with Gasteiger partial charge in [-0.15, -0.1) is 0 Å². The summed E-state index contributed by atoms with van der Waals surface area (Å²) in [5.74, 6) is 0.651. The van der Waals surface area contributed by atoms with E-state index < -0.39 is 0 Å². The molecule has 0 saturated carbocycles. The highest BCUT2D eigenvalue weighted by Gasteiger charge is 2.12. The lowest BCUT2D eigenvalue weighted by molar-refractivity contribution is 0.381. The number of hydrogen-bond acceptors (Lipinski definition) is 1. The Labute approximate surface area is 108 Å². The highest BCUT2D eigenvalue weighted by molar-refractivity contribution is 9.10. The predicted molar refractivity (Wildman–Crippen MR) is 74.8 cm³/mol. The number of benzene rings is 1. The summed E-state index contributed by atoms with van der Waals surface area (Å²) in [4.78, 5) is 0. The standard InChI is InChI=1S/C14H22BrN/c1-11(10-16-14(2,3)4)9-12-7-5-6-8-13(12)15/h5-8,11,16H,9-10H2,1-4H3. The minimum atomic E-state index is 0.210. The first-order chi connectivity index (χ1) is 7.38. The molecule has 0 heterocycles. The minimum absolute atomic E-state index is 0.210. The molecule has 0 bridgehead atoms. The van der Waals surface area contributed by atoms with E-state index in [9.17, 15) is 0 Å². The summed E-state index contributed by atoms with van der Waals surface area (Å²) in [6, 6.07) is 8.46. The summed E-state index contributed by atoms with van der Waals surface area (Å²) in [6.07, 6.45) is 1.12. The molecular formula is C14H22BrN. The van der Waals surface area contributed by atoms with E-state index in [1.165, 1.54) is 10.0 Å². The lowest BCUT2D eigenvalue weighted by atomic mass is 9.99. The van der Waals surface area contributed by atoms with E-state index in [2.05, 4.69) is 73.2 Å². The molecule has 1 aromatic rings. The van der Waals surface area contributed by atoms with Crippen LogP contribution in [0, 0.1) is 5.92 Å². The van der Waals surface area contributed by atoms with Crippen molar-refractivity contribution in [3.8, 4) is 0 Å². The van der Waals surface area contributed by atoms with Crippen LogP contribution in [0.15, 0.2) is 28.7 Å². The van der Waals surface area contributed by atoms with Crippen molar-refractivity contribution in [2.24, 2.45) is 5.92 Å². The maximum absolute atomic E-state index is 3.59. The maximum Gasteiger partial charge on any atom is 0.0207 e. The van der Waals surface area contributed by atoms with E-state index in [0.717, 1.165) is 13.0 Å². The van der Waals surface area contributed by atoms with Crippen LogP contribution in [-0.2, 0) is 6.42 Å². The van der Waals surface area contributed by atoms with Crippen LogP contribution in [0.2, 0.25) is 0 Å². The first-order valence-electron chi connectivity index (χ1n) is 5.87. The Bertz CT molecular complexity index is 328. The van der Waals surface area contributed by atoms with Crippen molar-refractivity contribution in [3.05, 3.63) is 34.3 Å². The Morgan fingerprint density at radius 1 is 1.25 bits per heavy atom. The summed E-state index contributed by atoms with van der Waals surface area (Å²) in [5, 5.41) is 3.55. The molecule has 1 N–H and O–H groups in total. The van der Waals surface area contributed by atoms with Gasteiger partial charge in [-0.25, -0.2) is 0 Å². The van der Waals surface area contributed by atoms with E-state index in [0.29, 0.717) is 5.92 Å². The zero-order valence-corrected chi connectivity index (χ0v) is 12.3. The van der Waals surface area contributed by atoms with Crippen LogP contribution in [0.3, 0.4) is 0 Å². The highest BCUT2D eigenvalue weighted by atomic mass is 79.9. The Morgan fingerprint density at radius 2 is 1.88 bits per heavy atom. The van der Waals surface area contributed by atoms with E-state index in [1.54, 1.807) is 0 Å². The van der Waals surface area contributed by atoms with Gasteiger partial charge >= 0.3 is 0 Å². The van der Waals surface area contributed by atoms with Crippen molar-refractivity contribution >= 4 is 15.9 Å². The van der Waals surface area contributed by atoms with Gasteiger partial charge in [0, 0.05) is 10.0 Å². The molecule has 0 spiro atoms. The molecule has 2 heteroatoms. The van der Waals surface area contributed by atoms with Crippen LogP contribution in [0.5, 0.6) is 0 Å². The van der Waals surface area contributed by atoms with E-state index >= 15 is 0 Å². The van der Waals surface area contributed by atoms with Gasteiger partial charge in [0.2, 0.25) is 0 Å². The van der Waals surface area contributed by atoms with Gasteiger partial charge in [0.05, 0.1) is 0 Å². The van der Waals surface area contributed by atoms with Gasteiger partial charge < -0.3 is 5.32 Å². The molecule has 0 aromatic heterocycles. The first-order valence-corrected chi connectivity index (χ1v) is 6.66. The molecule has 0 saturated heterocycles. The van der Waals surface area contributed by atoms with Crippen molar-refractivity contribution in [3.63, 3.8) is 0 Å². The lowest BCUT2D eigenvalue weighted by Gasteiger charge is -2.23. The molecule has 1 unspecified atom stereocenters. The van der Waals surface area contributed by atoms with Gasteiger partial charge in [-0.2, -0.15) is 0 Å². The third-order valence-corrected chi connectivity index (χ3v) is 3.28. The number of halogens is 1. The summed E-state index contributed by atoms with van der Waals surface area (Å²) >= 11 is 3.59. The van der Waals surface area contributed by atoms with Crippen LogP contribution in [0.1, 0.15) is 33.3 Å². The second kappa shape index (κ2) is 5.83. The second-order valence-corrected chi connectivity index (χ2v) is 6.39. The Balaban J connectivity index is 2.46. The molecule has 0 radical (unpaired) electrons. The minimum Gasteiger partial charge on any atom is -0.312 e. The molecule has 90 valence electrons. The van der Waals surface area contributed by atoms with Gasteiger partial charge in [-0.3, -0.25) is 0 Å². The fourth-order valence-corrected chi connectivity index (χ4v) is 2.04. The SMILES string of the molecule is CC(CNC(C)(C)C)Cc1ccccc1Br. The van der Waals surface area contributed by atoms with Crippen molar-refractivity contribution < 1.29 is 0 Å². The molecule has 0 aliphatic heterocycles. The highest BCUT2D eigenvalue weighted by Crippen LogP contribution is 2.19. The largest absolute Gasteiger partial charge is 0.312 e. The van der Waals surface area contributed by atoms with Gasteiger partial charge in [0.15, 0.2) is 0 Å². The Hall–Kier alpha value is -0.340. The van der Waals surface area contributed by atoms with Crippen LogP contribution < -0.4 is 5.32 Å². The van der Waals surface area contributed by atoms with Crippen LogP contribution in [0.4, 0.5) is 0 Å².